The molecule has 0 atom stereocenters. The Morgan fingerprint density at radius 3 is 2.71 bits per heavy atom. The predicted octanol–water partition coefficient (Wildman–Crippen LogP) is 3.94. The number of ether oxygens (including phenoxy) is 1. The van der Waals surface area contributed by atoms with Crippen molar-refractivity contribution < 1.29 is 22.3 Å². The Morgan fingerprint density at radius 1 is 1.19 bits per heavy atom. The van der Waals surface area contributed by atoms with Crippen molar-refractivity contribution in [1.29, 1.82) is 0 Å². The van der Waals surface area contributed by atoms with Crippen molar-refractivity contribution in [1.82, 2.24) is 10.2 Å². The Kier molecular flexibility index (Phi) is 5.45. The minimum absolute atomic E-state index is 0.281. The average molecular weight is 441 g/mol. The van der Waals surface area contributed by atoms with Crippen LogP contribution in [0.3, 0.4) is 0 Å². The fourth-order valence-electron chi connectivity index (χ4n) is 4.20. The molecule has 2 N–H and O–H groups in total. The minimum Gasteiger partial charge on any atom is -0.497 e. The molecule has 0 aliphatic carbocycles. The molecule has 1 aliphatic rings. The fraction of sp³-hybridized carbons (Fsp3) is 0.304. The third-order valence-electron chi connectivity index (χ3n) is 5.78. The number of allylic oxidation sites excluding steroid dienone is 1. The van der Waals surface area contributed by atoms with Gasteiger partial charge in [-0.15, -0.1) is 0 Å². The van der Waals surface area contributed by atoms with E-state index in [0.29, 0.717) is 13.0 Å². The summed E-state index contributed by atoms with van der Waals surface area (Å²) in [6, 6.07) is 13.9. The van der Waals surface area contributed by atoms with E-state index in [9.17, 15) is 8.42 Å². The normalized spacial score (nSPS) is 15.7. The molecule has 2 heterocycles. The highest BCUT2D eigenvalue weighted by atomic mass is 32.2. The highest BCUT2D eigenvalue weighted by molar-refractivity contribution is 7.85. The largest absolute Gasteiger partial charge is 0.497 e. The zero-order valence-electron chi connectivity index (χ0n) is 17.8. The van der Waals surface area contributed by atoms with E-state index < -0.39 is 10.1 Å². The number of hydrogen-bond donors (Lipinski definition) is 2. The highest BCUT2D eigenvalue weighted by Crippen LogP contribution is 2.42. The van der Waals surface area contributed by atoms with Crippen LogP contribution in [0.15, 0.2) is 48.5 Å². The summed E-state index contributed by atoms with van der Waals surface area (Å²) < 4.78 is 39.2. The summed E-state index contributed by atoms with van der Waals surface area (Å²) in [5.74, 6) is 0.490. The fourth-order valence-corrected chi connectivity index (χ4v) is 4.69. The first kappa shape index (κ1) is 21.3. The molecule has 7 nitrogen and oxygen atoms in total. The number of benzene rings is 2. The van der Waals surface area contributed by atoms with Crippen LogP contribution in [0.25, 0.3) is 17.0 Å². The summed E-state index contributed by atoms with van der Waals surface area (Å²) >= 11 is 0. The van der Waals surface area contributed by atoms with Gasteiger partial charge in [0.25, 0.3) is 10.1 Å². The van der Waals surface area contributed by atoms with Gasteiger partial charge in [-0.3, -0.25) is 9.65 Å². The van der Waals surface area contributed by atoms with Crippen molar-refractivity contribution in [3.8, 4) is 5.75 Å². The smallest absolute Gasteiger partial charge is 0.265 e. The Labute approximate surface area is 181 Å². The van der Waals surface area contributed by atoms with Crippen LogP contribution in [0.5, 0.6) is 5.75 Å². The van der Waals surface area contributed by atoms with E-state index in [4.69, 9.17) is 9.29 Å². The van der Waals surface area contributed by atoms with Crippen molar-refractivity contribution in [2.45, 2.75) is 25.7 Å². The number of hydrogen-bond acceptors (Lipinski definition) is 4. The molecular formula is C23H26N3O4S+. The quantitative estimate of drug-likeness (QED) is 0.429. The monoisotopic (exact) mass is 440 g/mol. The van der Waals surface area contributed by atoms with Crippen LogP contribution in [-0.2, 0) is 15.5 Å². The van der Waals surface area contributed by atoms with Gasteiger partial charge >= 0.3 is 0 Å². The molecule has 31 heavy (non-hydrogen) atoms. The predicted molar refractivity (Wildman–Crippen MR) is 122 cm³/mol. The van der Waals surface area contributed by atoms with Crippen LogP contribution in [0, 0.1) is 0 Å². The number of H-pyrrole nitrogens is 1. The van der Waals surface area contributed by atoms with E-state index in [0.717, 1.165) is 39.3 Å². The second kappa shape index (κ2) is 7.94. The van der Waals surface area contributed by atoms with Crippen molar-refractivity contribution in [2.24, 2.45) is 0 Å². The molecule has 162 valence electrons. The Morgan fingerprint density at radius 2 is 1.97 bits per heavy atom. The van der Waals surface area contributed by atoms with E-state index >= 15 is 0 Å². The third kappa shape index (κ3) is 4.13. The molecule has 2 aromatic carbocycles. The van der Waals surface area contributed by atoms with Gasteiger partial charge in [0.1, 0.15) is 12.3 Å². The van der Waals surface area contributed by atoms with Gasteiger partial charge in [0, 0.05) is 29.5 Å². The Hall–Kier alpha value is -2.97. The summed E-state index contributed by atoms with van der Waals surface area (Å²) in [6.07, 6.45) is 4.33. The molecular weight excluding hydrogens is 414 g/mol. The number of para-hydroxylation sites is 1. The SMILES string of the molecule is COc1ccc2c(c1)C(C)(C)C(/C=C/c1n[nH]c3ccccc13)=[N+]2CCCS(=O)(=O)O. The van der Waals surface area contributed by atoms with Gasteiger partial charge in [0.2, 0.25) is 5.69 Å². The molecule has 4 rings (SSSR count). The lowest BCUT2D eigenvalue weighted by atomic mass is 9.81. The standard InChI is InChI=1S/C23H25N3O4S/c1-23(2)18-15-16(30-3)9-11-21(18)26(13-6-14-31(27,28)29)22(23)12-10-20-17-7-4-5-8-19(17)24-25-20/h4-5,7-12,15H,6,13-14H2,1-3H3,(H,27,28,29)/p+1. The zero-order valence-corrected chi connectivity index (χ0v) is 18.6. The number of aromatic amines is 1. The molecule has 0 fully saturated rings. The van der Waals surface area contributed by atoms with Gasteiger partial charge in [-0.25, -0.2) is 0 Å². The van der Waals surface area contributed by atoms with Crippen LogP contribution in [0.4, 0.5) is 5.69 Å². The molecule has 3 aromatic rings. The molecule has 8 heteroatoms. The summed E-state index contributed by atoms with van der Waals surface area (Å²) in [4.78, 5) is 0. The van der Waals surface area contributed by atoms with Gasteiger partial charge in [-0.1, -0.05) is 18.2 Å². The maximum absolute atomic E-state index is 11.2. The molecule has 1 aliphatic heterocycles. The molecule has 0 unspecified atom stereocenters. The topological polar surface area (TPSA) is 95.3 Å². The second-order valence-corrected chi connectivity index (χ2v) is 9.74. The Balaban J connectivity index is 1.77. The first-order chi connectivity index (χ1) is 14.7. The Bertz CT molecular complexity index is 1300. The van der Waals surface area contributed by atoms with Crippen molar-refractivity contribution in [3.05, 3.63) is 59.8 Å². The van der Waals surface area contributed by atoms with Gasteiger partial charge < -0.3 is 4.74 Å². The lowest BCUT2D eigenvalue weighted by molar-refractivity contribution is -0.437. The van der Waals surface area contributed by atoms with Crippen LogP contribution in [0.1, 0.15) is 31.5 Å². The van der Waals surface area contributed by atoms with Gasteiger partial charge in [0.05, 0.1) is 29.5 Å². The summed E-state index contributed by atoms with van der Waals surface area (Å²) in [5, 5.41) is 8.50. The molecule has 0 saturated carbocycles. The maximum Gasteiger partial charge on any atom is 0.265 e. The summed E-state index contributed by atoms with van der Waals surface area (Å²) in [5.41, 5.74) is 4.61. The lowest BCUT2D eigenvalue weighted by Crippen LogP contribution is -2.28. The number of nitrogens with one attached hydrogen (secondary N) is 1. The molecule has 0 saturated heterocycles. The van der Waals surface area contributed by atoms with Gasteiger partial charge in [-0.2, -0.15) is 18.1 Å². The number of rotatable bonds is 7. The van der Waals surface area contributed by atoms with Crippen molar-refractivity contribution in [3.63, 3.8) is 0 Å². The highest BCUT2D eigenvalue weighted by Gasteiger charge is 2.44. The van der Waals surface area contributed by atoms with Crippen molar-refractivity contribution in [2.75, 3.05) is 19.4 Å². The number of methoxy groups -OCH3 is 1. The lowest BCUT2D eigenvalue weighted by Gasteiger charge is -2.16. The van der Waals surface area contributed by atoms with E-state index in [1.807, 2.05) is 54.6 Å². The maximum atomic E-state index is 11.2. The number of aromatic nitrogens is 2. The van der Waals surface area contributed by atoms with E-state index in [1.54, 1.807) is 7.11 Å². The van der Waals surface area contributed by atoms with Gasteiger partial charge in [-0.05, 0) is 38.1 Å². The molecule has 0 spiro atoms. The molecule has 0 amide bonds. The summed E-state index contributed by atoms with van der Waals surface area (Å²) in [6.45, 7) is 4.73. The molecule has 0 radical (unpaired) electrons. The van der Waals surface area contributed by atoms with Crippen molar-refractivity contribution >= 4 is 38.5 Å². The average Bonchev–Trinajstić information content (AvgIpc) is 3.22. The first-order valence-corrected chi connectivity index (χ1v) is 11.7. The third-order valence-corrected chi connectivity index (χ3v) is 6.59. The van der Waals surface area contributed by atoms with Crippen LogP contribution in [-0.4, -0.2) is 52.9 Å². The van der Waals surface area contributed by atoms with E-state index in [-0.39, 0.29) is 11.2 Å². The summed E-state index contributed by atoms with van der Waals surface area (Å²) in [7, 11) is -2.37. The van der Waals surface area contributed by atoms with E-state index in [2.05, 4.69) is 28.6 Å². The van der Waals surface area contributed by atoms with Crippen LogP contribution in [0.2, 0.25) is 0 Å². The molecule has 0 bridgehead atoms. The van der Waals surface area contributed by atoms with Crippen LogP contribution >= 0.6 is 0 Å². The number of nitrogens with zero attached hydrogens (tertiary/aromatic N) is 2. The van der Waals surface area contributed by atoms with Crippen LogP contribution < -0.4 is 4.74 Å². The second-order valence-electron chi connectivity index (χ2n) is 8.17. The number of fused-ring (bicyclic) bond motifs is 2. The van der Waals surface area contributed by atoms with E-state index in [1.165, 1.54) is 0 Å². The molecule has 1 aromatic heterocycles. The first-order valence-electron chi connectivity index (χ1n) is 10.1. The minimum atomic E-state index is -4.01. The zero-order chi connectivity index (χ0) is 22.2. The van der Waals surface area contributed by atoms with Gasteiger partial charge in [0.15, 0.2) is 5.71 Å².